The molecule has 17 heavy (non-hydrogen) atoms. The SMILES string of the molecule is N#Cc1cc(NC2=NCCN2)cc2[nH]cnc12. The maximum Gasteiger partial charge on any atom is 0.195 e. The van der Waals surface area contributed by atoms with Crippen molar-refractivity contribution >= 4 is 22.7 Å². The zero-order chi connectivity index (χ0) is 11.7. The Morgan fingerprint density at radius 2 is 2.35 bits per heavy atom. The van der Waals surface area contributed by atoms with Gasteiger partial charge >= 0.3 is 0 Å². The summed E-state index contributed by atoms with van der Waals surface area (Å²) in [7, 11) is 0. The van der Waals surface area contributed by atoms with E-state index in [1.54, 1.807) is 12.4 Å². The predicted molar refractivity (Wildman–Crippen MR) is 64.7 cm³/mol. The van der Waals surface area contributed by atoms with Gasteiger partial charge in [0.1, 0.15) is 11.6 Å². The second kappa shape index (κ2) is 3.79. The van der Waals surface area contributed by atoms with Crippen molar-refractivity contribution in [3.63, 3.8) is 0 Å². The third-order valence-corrected chi connectivity index (χ3v) is 2.58. The van der Waals surface area contributed by atoms with Crippen LogP contribution in [0, 0.1) is 11.3 Å². The molecule has 0 spiro atoms. The molecular weight excluding hydrogens is 216 g/mol. The van der Waals surface area contributed by atoms with Gasteiger partial charge in [0.2, 0.25) is 0 Å². The van der Waals surface area contributed by atoms with Crippen LogP contribution in [0.15, 0.2) is 23.5 Å². The molecule has 1 aliphatic rings. The number of hydrogen-bond donors (Lipinski definition) is 3. The number of nitrogens with one attached hydrogen (secondary N) is 3. The number of nitriles is 1. The molecule has 0 bridgehead atoms. The first-order valence-electron chi connectivity index (χ1n) is 5.29. The van der Waals surface area contributed by atoms with Crippen LogP contribution < -0.4 is 10.6 Å². The summed E-state index contributed by atoms with van der Waals surface area (Å²) in [6.07, 6.45) is 1.58. The van der Waals surface area contributed by atoms with Crippen molar-refractivity contribution < 1.29 is 0 Å². The third-order valence-electron chi connectivity index (χ3n) is 2.58. The summed E-state index contributed by atoms with van der Waals surface area (Å²) in [4.78, 5) is 11.3. The third kappa shape index (κ3) is 1.67. The lowest BCUT2D eigenvalue weighted by molar-refractivity contribution is 0.959. The first-order chi connectivity index (χ1) is 8.36. The van der Waals surface area contributed by atoms with Crippen LogP contribution in [-0.4, -0.2) is 29.0 Å². The minimum absolute atomic E-state index is 0.546. The van der Waals surface area contributed by atoms with Gasteiger partial charge in [-0.1, -0.05) is 0 Å². The predicted octanol–water partition coefficient (Wildman–Crippen LogP) is 0.806. The van der Waals surface area contributed by atoms with Gasteiger partial charge in [0.25, 0.3) is 0 Å². The Labute approximate surface area is 97.4 Å². The number of rotatable bonds is 1. The van der Waals surface area contributed by atoms with Crippen LogP contribution in [0.1, 0.15) is 5.56 Å². The van der Waals surface area contributed by atoms with Crippen molar-refractivity contribution in [2.45, 2.75) is 0 Å². The summed E-state index contributed by atoms with van der Waals surface area (Å²) in [5.74, 6) is 0.743. The molecule has 1 aliphatic heterocycles. The van der Waals surface area contributed by atoms with E-state index in [0.29, 0.717) is 11.1 Å². The highest BCUT2D eigenvalue weighted by atomic mass is 15.2. The van der Waals surface area contributed by atoms with E-state index in [1.807, 2.05) is 6.07 Å². The molecule has 0 saturated heterocycles. The molecule has 1 aromatic heterocycles. The van der Waals surface area contributed by atoms with Gasteiger partial charge in [-0.25, -0.2) is 4.98 Å². The monoisotopic (exact) mass is 226 g/mol. The zero-order valence-electron chi connectivity index (χ0n) is 8.99. The number of guanidine groups is 1. The Kier molecular flexibility index (Phi) is 2.15. The molecule has 0 unspecified atom stereocenters. The topological polar surface area (TPSA) is 88.9 Å². The molecule has 2 aromatic rings. The Morgan fingerprint density at radius 1 is 1.41 bits per heavy atom. The molecule has 3 rings (SSSR count). The van der Waals surface area contributed by atoms with Gasteiger partial charge in [0, 0.05) is 12.2 Å². The van der Waals surface area contributed by atoms with E-state index in [-0.39, 0.29) is 0 Å². The van der Waals surface area contributed by atoms with E-state index in [1.165, 1.54) is 0 Å². The zero-order valence-corrected chi connectivity index (χ0v) is 8.99. The second-order valence-electron chi connectivity index (χ2n) is 3.72. The van der Waals surface area contributed by atoms with Crippen LogP contribution in [0.25, 0.3) is 11.0 Å². The molecular formula is C11H10N6. The average molecular weight is 226 g/mol. The van der Waals surface area contributed by atoms with Gasteiger partial charge in [-0.3, -0.25) is 4.99 Å². The number of nitrogens with zero attached hydrogens (tertiary/aromatic N) is 3. The summed E-state index contributed by atoms with van der Waals surface area (Å²) >= 11 is 0. The highest BCUT2D eigenvalue weighted by Crippen LogP contribution is 2.20. The van der Waals surface area contributed by atoms with E-state index >= 15 is 0 Å². The number of imidazole rings is 1. The lowest BCUT2D eigenvalue weighted by Crippen LogP contribution is -2.26. The van der Waals surface area contributed by atoms with Crippen molar-refractivity contribution in [2.75, 3.05) is 18.4 Å². The fourth-order valence-corrected chi connectivity index (χ4v) is 1.83. The number of aromatic nitrogens is 2. The quantitative estimate of drug-likeness (QED) is 0.671. The highest BCUT2D eigenvalue weighted by Gasteiger charge is 2.09. The van der Waals surface area contributed by atoms with Crippen LogP contribution >= 0.6 is 0 Å². The number of hydrogen-bond acceptors (Lipinski definition) is 5. The van der Waals surface area contributed by atoms with Gasteiger partial charge in [-0.05, 0) is 12.1 Å². The molecule has 0 amide bonds. The number of aliphatic imine (C=N–C) groups is 1. The van der Waals surface area contributed by atoms with E-state index in [0.717, 1.165) is 30.3 Å². The number of H-pyrrole nitrogens is 1. The molecule has 6 heteroatoms. The summed E-state index contributed by atoms with van der Waals surface area (Å²) in [6.45, 7) is 1.62. The molecule has 3 N–H and O–H groups in total. The Hall–Kier alpha value is -2.55. The molecule has 0 atom stereocenters. The number of fused-ring (bicyclic) bond motifs is 1. The standard InChI is InChI=1S/C11H10N6/c12-5-7-3-8(17-11-13-1-2-14-11)4-9-10(7)16-6-15-9/h3-4,6H,1-2H2,(H,15,16)(H2,13,14,17). The molecule has 0 radical (unpaired) electrons. The van der Waals surface area contributed by atoms with Gasteiger partial charge < -0.3 is 15.6 Å². The summed E-state index contributed by atoms with van der Waals surface area (Å²) in [5.41, 5.74) is 2.90. The van der Waals surface area contributed by atoms with Crippen molar-refractivity contribution in [1.82, 2.24) is 15.3 Å². The van der Waals surface area contributed by atoms with E-state index < -0.39 is 0 Å². The molecule has 0 fully saturated rings. The van der Waals surface area contributed by atoms with Crippen molar-refractivity contribution in [1.29, 1.82) is 5.26 Å². The molecule has 6 nitrogen and oxygen atoms in total. The van der Waals surface area contributed by atoms with Gasteiger partial charge in [-0.2, -0.15) is 5.26 Å². The van der Waals surface area contributed by atoms with Gasteiger partial charge in [-0.15, -0.1) is 0 Å². The minimum Gasteiger partial charge on any atom is -0.354 e. The normalized spacial score (nSPS) is 14.2. The summed E-state index contributed by atoms with van der Waals surface area (Å²) < 4.78 is 0. The van der Waals surface area contributed by atoms with E-state index in [9.17, 15) is 0 Å². The maximum atomic E-state index is 9.06. The van der Waals surface area contributed by atoms with Crippen molar-refractivity contribution in [3.05, 3.63) is 24.0 Å². The van der Waals surface area contributed by atoms with Crippen LogP contribution in [0.4, 0.5) is 5.69 Å². The molecule has 2 heterocycles. The van der Waals surface area contributed by atoms with Crippen molar-refractivity contribution in [3.8, 4) is 6.07 Å². The summed E-state index contributed by atoms with van der Waals surface area (Å²) in [5, 5.41) is 15.3. The smallest absolute Gasteiger partial charge is 0.195 e. The van der Waals surface area contributed by atoms with Gasteiger partial charge in [0.05, 0.1) is 24.0 Å². The van der Waals surface area contributed by atoms with Crippen LogP contribution in [-0.2, 0) is 0 Å². The van der Waals surface area contributed by atoms with E-state index in [4.69, 9.17) is 5.26 Å². The number of aromatic amines is 1. The number of anilines is 1. The van der Waals surface area contributed by atoms with Crippen LogP contribution in [0.2, 0.25) is 0 Å². The molecule has 0 aliphatic carbocycles. The Morgan fingerprint density at radius 3 is 3.12 bits per heavy atom. The lowest BCUT2D eigenvalue weighted by atomic mass is 10.2. The first-order valence-corrected chi connectivity index (χ1v) is 5.29. The fourth-order valence-electron chi connectivity index (χ4n) is 1.83. The van der Waals surface area contributed by atoms with Crippen molar-refractivity contribution in [2.24, 2.45) is 4.99 Å². The van der Waals surface area contributed by atoms with Gasteiger partial charge in [0.15, 0.2) is 5.96 Å². The number of benzene rings is 1. The maximum absolute atomic E-state index is 9.06. The lowest BCUT2D eigenvalue weighted by Gasteiger charge is -2.06. The van der Waals surface area contributed by atoms with Crippen LogP contribution in [0.5, 0.6) is 0 Å². The first kappa shape index (κ1) is 9.66. The average Bonchev–Trinajstić information content (AvgIpc) is 2.98. The molecule has 84 valence electrons. The van der Waals surface area contributed by atoms with E-state index in [2.05, 4.69) is 31.7 Å². The highest BCUT2D eigenvalue weighted by molar-refractivity contribution is 5.97. The fraction of sp³-hybridized carbons (Fsp3) is 0.182. The van der Waals surface area contributed by atoms with Crippen LogP contribution in [0.3, 0.4) is 0 Å². The summed E-state index contributed by atoms with van der Waals surface area (Å²) in [6, 6.07) is 5.82. The minimum atomic E-state index is 0.546. The second-order valence-corrected chi connectivity index (χ2v) is 3.72. The molecule has 1 aromatic carbocycles. The Balaban J connectivity index is 2.02. The largest absolute Gasteiger partial charge is 0.354 e. The molecule has 0 saturated carbocycles. The Bertz CT molecular complexity index is 633.